The fourth-order valence-corrected chi connectivity index (χ4v) is 5.99. The fraction of sp³-hybridized carbons (Fsp3) is 0.409. The van der Waals surface area contributed by atoms with Gasteiger partial charge in [0.05, 0.1) is 24.2 Å². The Hall–Kier alpha value is -3.18. The SMILES string of the molecule is COc1cccc(-c2cc(C(=O)N3CCCN(S(=O)(=O)c4c(C)nn(C)c4C)CC3)[nH]n2)c1. The molecule has 1 saturated heterocycles. The van der Waals surface area contributed by atoms with Gasteiger partial charge in [0.15, 0.2) is 0 Å². The highest BCUT2D eigenvalue weighted by Gasteiger charge is 2.33. The molecule has 11 heteroatoms. The van der Waals surface area contributed by atoms with E-state index in [0.29, 0.717) is 54.6 Å². The lowest BCUT2D eigenvalue weighted by Crippen LogP contribution is -2.37. The second-order valence-corrected chi connectivity index (χ2v) is 9.95. The molecule has 1 aliphatic heterocycles. The van der Waals surface area contributed by atoms with Gasteiger partial charge in [0.2, 0.25) is 10.0 Å². The standard InChI is InChI=1S/C22H28N6O4S/c1-15-21(16(2)26(3)25-15)33(30,31)28-10-6-9-27(11-12-28)22(29)20-14-19(23-24-20)17-7-5-8-18(13-17)32-4/h5,7-8,13-14H,6,9-12H2,1-4H3,(H,23,24). The number of aryl methyl sites for hydroxylation is 2. The third-order valence-electron chi connectivity index (χ3n) is 5.96. The van der Waals surface area contributed by atoms with Crippen LogP contribution in [0.25, 0.3) is 11.3 Å². The fourth-order valence-electron chi connectivity index (χ4n) is 4.13. The van der Waals surface area contributed by atoms with E-state index in [1.807, 2.05) is 24.3 Å². The Bertz CT molecular complexity index is 1280. The molecule has 1 aliphatic rings. The van der Waals surface area contributed by atoms with Gasteiger partial charge in [-0.15, -0.1) is 0 Å². The zero-order valence-corrected chi connectivity index (χ0v) is 20.0. The number of methoxy groups -OCH3 is 1. The molecule has 10 nitrogen and oxygen atoms in total. The Balaban J connectivity index is 1.49. The summed E-state index contributed by atoms with van der Waals surface area (Å²) in [6.07, 6.45) is 0.542. The summed E-state index contributed by atoms with van der Waals surface area (Å²) < 4.78 is 34.9. The minimum Gasteiger partial charge on any atom is -0.497 e. The monoisotopic (exact) mass is 472 g/mol. The van der Waals surface area contributed by atoms with Crippen LogP contribution in [0.15, 0.2) is 35.2 Å². The molecule has 0 spiro atoms. The van der Waals surface area contributed by atoms with E-state index >= 15 is 0 Å². The molecule has 0 unspecified atom stereocenters. The molecular formula is C22H28N6O4S. The number of carbonyl (C=O) groups excluding carboxylic acids is 1. The van der Waals surface area contributed by atoms with Crippen molar-refractivity contribution in [3.05, 3.63) is 47.4 Å². The van der Waals surface area contributed by atoms with Crippen molar-refractivity contribution >= 4 is 15.9 Å². The van der Waals surface area contributed by atoms with Crippen molar-refractivity contribution in [3.63, 3.8) is 0 Å². The average molecular weight is 473 g/mol. The summed E-state index contributed by atoms with van der Waals surface area (Å²) in [6, 6.07) is 9.15. The van der Waals surface area contributed by atoms with Crippen LogP contribution in [0.1, 0.15) is 28.3 Å². The van der Waals surface area contributed by atoms with Crippen molar-refractivity contribution in [2.45, 2.75) is 25.2 Å². The summed E-state index contributed by atoms with van der Waals surface area (Å²) in [6.45, 7) is 4.77. The van der Waals surface area contributed by atoms with Crippen LogP contribution in [-0.4, -0.2) is 76.8 Å². The molecule has 0 atom stereocenters. The lowest BCUT2D eigenvalue weighted by molar-refractivity contribution is 0.0758. The van der Waals surface area contributed by atoms with E-state index < -0.39 is 10.0 Å². The molecule has 3 aromatic rings. The van der Waals surface area contributed by atoms with Crippen LogP contribution >= 0.6 is 0 Å². The number of nitrogens with zero attached hydrogens (tertiary/aromatic N) is 5. The van der Waals surface area contributed by atoms with E-state index in [0.717, 1.165) is 5.56 Å². The van der Waals surface area contributed by atoms with Crippen molar-refractivity contribution in [3.8, 4) is 17.0 Å². The Labute approximate surface area is 193 Å². The Kier molecular flexibility index (Phi) is 6.26. The number of nitrogens with one attached hydrogen (secondary N) is 1. The smallest absolute Gasteiger partial charge is 0.271 e. The molecule has 4 rings (SSSR count). The summed E-state index contributed by atoms with van der Waals surface area (Å²) in [5.74, 6) is 0.501. The molecule has 2 aromatic heterocycles. The molecule has 0 radical (unpaired) electrons. The van der Waals surface area contributed by atoms with E-state index in [-0.39, 0.29) is 17.3 Å². The molecule has 0 aliphatic carbocycles. The predicted molar refractivity (Wildman–Crippen MR) is 123 cm³/mol. The highest BCUT2D eigenvalue weighted by molar-refractivity contribution is 7.89. The Morgan fingerprint density at radius 1 is 1.12 bits per heavy atom. The van der Waals surface area contributed by atoms with E-state index in [1.54, 1.807) is 43.7 Å². The van der Waals surface area contributed by atoms with Gasteiger partial charge in [0.25, 0.3) is 5.91 Å². The third kappa shape index (κ3) is 4.38. The van der Waals surface area contributed by atoms with Crippen LogP contribution in [0.4, 0.5) is 0 Å². The van der Waals surface area contributed by atoms with Gasteiger partial charge in [-0.3, -0.25) is 14.6 Å². The minimum absolute atomic E-state index is 0.204. The Morgan fingerprint density at radius 3 is 2.61 bits per heavy atom. The lowest BCUT2D eigenvalue weighted by atomic mass is 10.1. The van der Waals surface area contributed by atoms with Crippen LogP contribution in [0, 0.1) is 13.8 Å². The highest BCUT2D eigenvalue weighted by Crippen LogP contribution is 2.25. The lowest BCUT2D eigenvalue weighted by Gasteiger charge is -2.21. The number of H-pyrrole nitrogens is 1. The summed E-state index contributed by atoms with van der Waals surface area (Å²) in [5, 5.41) is 11.3. The number of hydrogen-bond acceptors (Lipinski definition) is 6. The summed E-state index contributed by atoms with van der Waals surface area (Å²) >= 11 is 0. The molecule has 176 valence electrons. The number of amides is 1. The maximum Gasteiger partial charge on any atom is 0.271 e. The van der Waals surface area contributed by atoms with E-state index in [4.69, 9.17) is 4.74 Å². The molecule has 1 aromatic carbocycles. The second kappa shape index (κ2) is 8.99. The zero-order chi connectivity index (χ0) is 23.8. The van der Waals surface area contributed by atoms with Gasteiger partial charge in [-0.25, -0.2) is 8.42 Å². The van der Waals surface area contributed by atoms with Crippen LogP contribution < -0.4 is 4.74 Å². The van der Waals surface area contributed by atoms with Gasteiger partial charge in [-0.05, 0) is 38.5 Å². The second-order valence-electron chi connectivity index (χ2n) is 8.07. The number of sulfonamides is 1. The first-order valence-electron chi connectivity index (χ1n) is 10.7. The van der Waals surface area contributed by atoms with Gasteiger partial charge >= 0.3 is 0 Å². The number of rotatable bonds is 5. The largest absolute Gasteiger partial charge is 0.497 e. The minimum atomic E-state index is -3.70. The third-order valence-corrected chi connectivity index (χ3v) is 8.11. The number of aromatic amines is 1. The van der Waals surface area contributed by atoms with E-state index in [1.165, 1.54) is 4.31 Å². The molecule has 1 amide bonds. The first-order chi connectivity index (χ1) is 15.7. The number of hydrogen-bond donors (Lipinski definition) is 1. The van der Waals surface area contributed by atoms with Crippen molar-refractivity contribution in [1.82, 2.24) is 29.2 Å². The summed E-state index contributed by atoms with van der Waals surface area (Å²) in [7, 11) is -0.372. The molecule has 1 N–H and O–H groups in total. The van der Waals surface area contributed by atoms with Gasteiger partial charge in [0, 0.05) is 38.8 Å². The predicted octanol–water partition coefficient (Wildman–Crippen LogP) is 1.97. The van der Waals surface area contributed by atoms with Crippen molar-refractivity contribution < 1.29 is 17.9 Å². The van der Waals surface area contributed by atoms with Gasteiger partial charge < -0.3 is 9.64 Å². The van der Waals surface area contributed by atoms with Crippen molar-refractivity contribution in [2.24, 2.45) is 7.05 Å². The molecule has 3 heterocycles. The zero-order valence-electron chi connectivity index (χ0n) is 19.2. The molecule has 33 heavy (non-hydrogen) atoms. The highest BCUT2D eigenvalue weighted by atomic mass is 32.2. The van der Waals surface area contributed by atoms with Gasteiger partial charge in [-0.1, -0.05) is 12.1 Å². The molecule has 1 fully saturated rings. The number of ether oxygens (including phenoxy) is 1. The topological polar surface area (TPSA) is 113 Å². The van der Waals surface area contributed by atoms with Gasteiger partial charge in [0.1, 0.15) is 16.3 Å². The van der Waals surface area contributed by atoms with Crippen LogP contribution in [0.3, 0.4) is 0 Å². The average Bonchev–Trinajstić information content (AvgIpc) is 3.28. The van der Waals surface area contributed by atoms with Gasteiger partial charge in [-0.2, -0.15) is 14.5 Å². The summed E-state index contributed by atoms with van der Waals surface area (Å²) in [4.78, 5) is 15.0. The summed E-state index contributed by atoms with van der Waals surface area (Å²) in [5.41, 5.74) is 2.92. The van der Waals surface area contributed by atoms with Crippen LogP contribution in [0.2, 0.25) is 0 Å². The maximum atomic E-state index is 13.3. The maximum absolute atomic E-state index is 13.3. The first kappa shape index (κ1) is 23.0. The molecule has 0 saturated carbocycles. The molecule has 0 bridgehead atoms. The first-order valence-corrected chi connectivity index (χ1v) is 12.2. The molecular weight excluding hydrogens is 444 g/mol. The Morgan fingerprint density at radius 2 is 1.91 bits per heavy atom. The van der Waals surface area contributed by atoms with Crippen molar-refractivity contribution in [1.29, 1.82) is 0 Å². The van der Waals surface area contributed by atoms with Crippen molar-refractivity contribution in [2.75, 3.05) is 33.3 Å². The van der Waals surface area contributed by atoms with E-state index in [9.17, 15) is 13.2 Å². The number of carbonyl (C=O) groups is 1. The number of benzene rings is 1. The number of aromatic nitrogens is 4. The van der Waals surface area contributed by atoms with E-state index in [2.05, 4.69) is 15.3 Å². The normalized spacial score (nSPS) is 15.5. The van der Waals surface area contributed by atoms with Crippen LogP contribution in [-0.2, 0) is 17.1 Å². The van der Waals surface area contributed by atoms with Crippen LogP contribution in [0.5, 0.6) is 5.75 Å². The quantitative estimate of drug-likeness (QED) is 0.607.